The summed E-state index contributed by atoms with van der Waals surface area (Å²) in [5.74, 6) is -1.05. The van der Waals surface area contributed by atoms with Gasteiger partial charge in [-0.15, -0.1) is 0 Å². The van der Waals surface area contributed by atoms with Crippen LogP contribution in [-0.2, 0) is 0 Å². The van der Waals surface area contributed by atoms with Crippen LogP contribution in [0.3, 0.4) is 0 Å². The van der Waals surface area contributed by atoms with Crippen molar-refractivity contribution in [1.82, 2.24) is 14.4 Å². The molecule has 0 aliphatic carbocycles. The van der Waals surface area contributed by atoms with Crippen LogP contribution in [0.25, 0.3) is 17.1 Å². The number of carboxylic acid groups (broad SMARTS) is 1. The number of nitrogens with zero attached hydrogens (tertiary/aromatic N) is 3. The summed E-state index contributed by atoms with van der Waals surface area (Å²) in [6.45, 7) is 3.29. The van der Waals surface area contributed by atoms with Crippen molar-refractivity contribution in [2.75, 3.05) is 0 Å². The zero-order valence-electron chi connectivity index (χ0n) is 12.5. The molecule has 116 valence electrons. The predicted octanol–water partition coefficient (Wildman–Crippen LogP) is 2.64. The maximum Gasteiger partial charge on any atom is 0.347 e. The Labute approximate surface area is 135 Å². The fourth-order valence-corrected chi connectivity index (χ4v) is 3.21. The molecule has 7 heteroatoms. The molecule has 0 spiro atoms. The first-order valence-corrected chi connectivity index (χ1v) is 7.65. The van der Waals surface area contributed by atoms with Gasteiger partial charge in [0.15, 0.2) is 4.96 Å². The fraction of sp³-hybridized carbons (Fsp3) is 0.125. The highest BCUT2D eigenvalue weighted by Gasteiger charge is 2.18. The molecule has 0 radical (unpaired) electrons. The Kier molecular flexibility index (Phi) is 3.79. The molecule has 0 bridgehead atoms. The second kappa shape index (κ2) is 5.77. The normalized spacial score (nSPS) is 11.4. The summed E-state index contributed by atoms with van der Waals surface area (Å²) >= 11 is 0.997. The van der Waals surface area contributed by atoms with E-state index in [1.165, 1.54) is 4.40 Å². The van der Waals surface area contributed by atoms with Gasteiger partial charge in [-0.05, 0) is 31.6 Å². The third kappa shape index (κ3) is 2.66. The summed E-state index contributed by atoms with van der Waals surface area (Å²) in [5.41, 5.74) is 2.04. The maximum absolute atomic E-state index is 12.5. The lowest BCUT2D eigenvalue weighted by atomic mass is 10.2. The van der Waals surface area contributed by atoms with Crippen molar-refractivity contribution in [2.24, 2.45) is 0 Å². The monoisotopic (exact) mass is 327 g/mol. The van der Waals surface area contributed by atoms with E-state index in [9.17, 15) is 14.7 Å². The SMILES string of the molecule is Cc1c(C=Cc2cccnc2)nc2sc(C(=O)O)c(C)n2c1=O. The molecule has 3 aromatic heterocycles. The van der Waals surface area contributed by atoms with Crippen molar-refractivity contribution in [3.63, 3.8) is 0 Å². The second-order valence-corrected chi connectivity index (χ2v) is 5.96. The van der Waals surface area contributed by atoms with Crippen LogP contribution in [0.5, 0.6) is 0 Å². The summed E-state index contributed by atoms with van der Waals surface area (Å²) < 4.78 is 1.35. The van der Waals surface area contributed by atoms with Crippen molar-refractivity contribution in [3.8, 4) is 0 Å². The van der Waals surface area contributed by atoms with Gasteiger partial charge in [0.25, 0.3) is 5.56 Å². The first-order valence-electron chi connectivity index (χ1n) is 6.83. The molecule has 3 aromatic rings. The molecule has 3 rings (SSSR count). The molecule has 0 atom stereocenters. The Morgan fingerprint density at radius 3 is 2.78 bits per heavy atom. The number of hydrogen-bond donors (Lipinski definition) is 1. The van der Waals surface area contributed by atoms with Crippen molar-refractivity contribution in [1.29, 1.82) is 0 Å². The summed E-state index contributed by atoms with van der Waals surface area (Å²) in [5, 5.41) is 9.19. The first kappa shape index (κ1) is 15.1. The number of pyridine rings is 1. The molecule has 0 aromatic carbocycles. The van der Waals surface area contributed by atoms with Crippen LogP contribution in [0.2, 0.25) is 0 Å². The van der Waals surface area contributed by atoms with E-state index in [0.717, 1.165) is 16.9 Å². The minimum Gasteiger partial charge on any atom is -0.477 e. The third-order valence-corrected chi connectivity index (χ3v) is 4.62. The highest BCUT2D eigenvalue weighted by atomic mass is 32.1. The number of thiazole rings is 1. The topological polar surface area (TPSA) is 84.6 Å². The molecule has 0 aliphatic heterocycles. The Bertz CT molecular complexity index is 987. The summed E-state index contributed by atoms with van der Waals surface area (Å²) in [6.07, 6.45) is 6.94. The van der Waals surface area contributed by atoms with E-state index in [1.54, 1.807) is 32.3 Å². The van der Waals surface area contributed by atoms with Gasteiger partial charge in [0.1, 0.15) is 4.88 Å². The average molecular weight is 327 g/mol. The summed E-state index contributed by atoms with van der Waals surface area (Å²) in [7, 11) is 0. The third-order valence-electron chi connectivity index (χ3n) is 3.49. The lowest BCUT2D eigenvalue weighted by molar-refractivity contribution is 0.0701. The van der Waals surface area contributed by atoms with Gasteiger partial charge < -0.3 is 5.11 Å². The number of aromatic carboxylic acids is 1. The highest BCUT2D eigenvalue weighted by molar-refractivity contribution is 7.18. The number of rotatable bonds is 3. The average Bonchev–Trinajstić information content (AvgIpc) is 2.87. The minimum absolute atomic E-state index is 0.127. The van der Waals surface area contributed by atoms with Gasteiger partial charge in [-0.1, -0.05) is 23.5 Å². The van der Waals surface area contributed by atoms with E-state index >= 15 is 0 Å². The molecule has 0 fully saturated rings. The van der Waals surface area contributed by atoms with Gasteiger partial charge >= 0.3 is 5.97 Å². The van der Waals surface area contributed by atoms with Gasteiger partial charge in [-0.2, -0.15) is 0 Å². The fourth-order valence-electron chi connectivity index (χ4n) is 2.24. The Balaban J connectivity index is 2.16. The Morgan fingerprint density at radius 2 is 2.13 bits per heavy atom. The zero-order valence-corrected chi connectivity index (χ0v) is 13.3. The molecule has 0 amide bonds. The molecule has 0 saturated carbocycles. The van der Waals surface area contributed by atoms with Crippen LogP contribution in [0.15, 0.2) is 29.3 Å². The van der Waals surface area contributed by atoms with E-state index in [1.807, 2.05) is 18.2 Å². The van der Waals surface area contributed by atoms with E-state index in [4.69, 9.17) is 0 Å². The molecule has 0 saturated heterocycles. The second-order valence-electron chi connectivity index (χ2n) is 4.99. The molecule has 23 heavy (non-hydrogen) atoms. The number of carbonyl (C=O) groups is 1. The van der Waals surface area contributed by atoms with Gasteiger partial charge in [-0.3, -0.25) is 14.2 Å². The number of aryl methyl sites for hydroxylation is 1. The predicted molar refractivity (Wildman–Crippen MR) is 88.9 cm³/mol. The van der Waals surface area contributed by atoms with Gasteiger partial charge in [0.2, 0.25) is 0 Å². The summed E-state index contributed by atoms with van der Waals surface area (Å²) in [6, 6.07) is 3.71. The number of hydrogen-bond acceptors (Lipinski definition) is 5. The number of carboxylic acids is 1. The van der Waals surface area contributed by atoms with Crippen molar-refractivity contribution in [3.05, 3.63) is 62.3 Å². The van der Waals surface area contributed by atoms with E-state index in [2.05, 4.69) is 9.97 Å². The van der Waals surface area contributed by atoms with Gasteiger partial charge in [-0.25, -0.2) is 9.78 Å². The Hall–Kier alpha value is -2.80. The van der Waals surface area contributed by atoms with Crippen LogP contribution < -0.4 is 5.56 Å². The standard InChI is InChI=1S/C16H13N3O3S/c1-9-12(6-5-11-4-3-7-17-8-11)18-16-19(14(9)20)10(2)13(23-16)15(21)22/h3-8H,1-2H3,(H,21,22). The molecule has 0 unspecified atom stereocenters. The number of fused-ring (bicyclic) bond motifs is 1. The minimum atomic E-state index is -1.05. The Morgan fingerprint density at radius 1 is 1.35 bits per heavy atom. The molecular weight excluding hydrogens is 314 g/mol. The molecule has 3 heterocycles. The summed E-state index contributed by atoms with van der Waals surface area (Å²) in [4.78, 5) is 32.7. The zero-order chi connectivity index (χ0) is 16.6. The van der Waals surface area contributed by atoms with Crippen molar-refractivity contribution >= 4 is 34.4 Å². The van der Waals surface area contributed by atoms with Crippen LogP contribution in [0.1, 0.15) is 32.2 Å². The first-order chi connectivity index (χ1) is 11.0. The van der Waals surface area contributed by atoms with Crippen LogP contribution in [-0.4, -0.2) is 25.4 Å². The van der Waals surface area contributed by atoms with E-state index in [-0.39, 0.29) is 10.4 Å². The lowest BCUT2D eigenvalue weighted by Gasteiger charge is -2.02. The molecular formula is C16H13N3O3S. The lowest BCUT2D eigenvalue weighted by Crippen LogP contribution is -2.19. The van der Waals surface area contributed by atoms with Gasteiger partial charge in [0.05, 0.1) is 11.4 Å². The van der Waals surface area contributed by atoms with Gasteiger partial charge in [0, 0.05) is 18.0 Å². The molecule has 6 nitrogen and oxygen atoms in total. The van der Waals surface area contributed by atoms with E-state index < -0.39 is 5.97 Å². The maximum atomic E-state index is 12.5. The quantitative estimate of drug-likeness (QED) is 0.799. The molecule has 1 N–H and O–H groups in total. The van der Waals surface area contributed by atoms with Crippen LogP contribution in [0, 0.1) is 13.8 Å². The number of aromatic nitrogens is 3. The van der Waals surface area contributed by atoms with Crippen LogP contribution in [0.4, 0.5) is 0 Å². The molecule has 0 aliphatic rings. The van der Waals surface area contributed by atoms with Crippen molar-refractivity contribution < 1.29 is 9.90 Å². The highest BCUT2D eigenvalue weighted by Crippen LogP contribution is 2.21. The van der Waals surface area contributed by atoms with E-state index in [0.29, 0.717) is 21.9 Å². The largest absolute Gasteiger partial charge is 0.477 e. The smallest absolute Gasteiger partial charge is 0.347 e. The van der Waals surface area contributed by atoms with Crippen molar-refractivity contribution in [2.45, 2.75) is 13.8 Å². The van der Waals surface area contributed by atoms with Crippen LogP contribution >= 0.6 is 11.3 Å².